The van der Waals surface area contributed by atoms with Gasteiger partial charge in [0.2, 0.25) is 5.91 Å². The molecule has 4 N–H and O–H groups in total. The minimum atomic E-state index is -4.45. The van der Waals surface area contributed by atoms with Crippen molar-refractivity contribution in [2.24, 2.45) is 5.73 Å². The molecule has 9 heteroatoms. The monoisotopic (exact) mass is 385 g/mol. The van der Waals surface area contributed by atoms with Crippen LogP contribution in [-0.2, 0) is 11.0 Å². The van der Waals surface area contributed by atoms with Gasteiger partial charge in [-0.1, -0.05) is 18.2 Å². The summed E-state index contributed by atoms with van der Waals surface area (Å²) in [6.07, 6.45) is -4.53. The maximum Gasteiger partial charge on any atom is 0.416 e. The molecule has 1 aromatic heterocycles. The lowest BCUT2D eigenvalue weighted by molar-refractivity contribution is -0.137. The summed E-state index contributed by atoms with van der Waals surface area (Å²) in [5, 5.41) is 6.94. The molecule has 140 valence electrons. The smallest absolute Gasteiger partial charge is 0.352 e. The van der Waals surface area contributed by atoms with Gasteiger partial charge >= 0.3 is 12.2 Å². The maximum absolute atomic E-state index is 12.8. The van der Waals surface area contributed by atoms with E-state index in [1.54, 1.807) is 24.4 Å². The second kappa shape index (κ2) is 8.22. The number of thiophene rings is 1. The third kappa shape index (κ3) is 5.48. The van der Waals surface area contributed by atoms with Crippen LogP contribution in [0.4, 0.5) is 18.0 Å². The van der Waals surface area contributed by atoms with Crippen molar-refractivity contribution in [3.05, 3.63) is 57.8 Å². The molecule has 0 radical (unpaired) electrons. The van der Waals surface area contributed by atoms with Gasteiger partial charge in [-0.25, -0.2) is 4.79 Å². The van der Waals surface area contributed by atoms with E-state index >= 15 is 0 Å². The number of rotatable bonds is 6. The van der Waals surface area contributed by atoms with E-state index in [-0.39, 0.29) is 6.42 Å². The minimum absolute atomic E-state index is 0.0766. The molecule has 0 bridgehead atoms. The zero-order valence-electron chi connectivity index (χ0n) is 13.8. The van der Waals surface area contributed by atoms with Crippen molar-refractivity contribution in [1.82, 2.24) is 10.6 Å². The fourth-order valence-electron chi connectivity index (χ4n) is 2.44. The van der Waals surface area contributed by atoms with Crippen molar-refractivity contribution in [1.29, 1.82) is 0 Å². The van der Waals surface area contributed by atoms with Crippen molar-refractivity contribution in [2.45, 2.75) is 31.6 Å². The average Bonchev–Trinajstić information content (AvgIpc) is 3.07. The van der Waals surface area contributed by atoms with Gasteiger partial charge in [-0.2, -0.15) is 13.2 Å². The van der Waals surface area contributed by atoms with Crippen LogP contribution < -0.4 is 16.4 Å². The summed E-state index contributed by atoms with van der Waals surface area (Å²) in [7, 11) is 0. The lowest BCUT2D eigenvalue weighted by Gasteiger charge is -2.19. The molecular formula is C17H18F3N3O2S. The molecule has 0 aliphatic rings. The van der Waals surface area contributed by atoms with Gasteiger partial charge in [0.25, 0.3) is 0 Å². The zero-order valence-corrected chi connectivity index (χ0v) is 14.7. The molecular weight excluding hydrogens is 367 g/mol. The number of alkyl halides is 3. The van der Waals surface area contributed by atoms with Crippen molar-refractivity contribution in [2.75, 3.05) is 0 Å². The van der Waals surface area contributed by atoms with Crippen molar-refractivity contribution < 1.29 is 22.8 Å². The van der Waals surface area contributed by atoms with E-state index in [4.69, 9.17) is 5.73 Å². The first-order chi connectivity index (χ1) is 12.2. The van der Waals surface area contributed by atoms with Gasteiger partial charge < -0.3 is 16.4 Å². The molecule has 1 aromatic carbocycles. The molecule has 1 heterocycles. The van der Waals surface area contributed by atoms with Gasteiger partial charge in [-0.3, -0.25) is 4.79 Å². The SMILES string of the molecule is CC(NC(=O)CC(NC(N)=O)c1cccs1)c1cccc(C(F)(F)F)c1. The number of nitrogens with one attached hydrogen (secondary N) is 2. The maximum atomic E-state index is 12.8. The normalized spacial score (nSPS) is 13.7. The summed E-state index contributed by atoms with van der Waals surface area (Å²) in [5.74, 6) is -0.415. The number of nitrogens with two attached hydrogens (primary N) is 1. The van der Waals surface area contributed by atoms with E-state index in [0.29, 0.717) is 5.56 Å². The lowest BCUT2D eigenvalue weighted by Crippen LogP contribution is -2.36. The molecule has 0 saturated carbocycles. The molecule has 2 rings (SSSR count). The second-order valence-electron chi connectivity index (χ2n) is 5.69. The van der Waals surface area contributed by atoms with Crippen LogP contribution in [0, 0.1) is 0 Å². The molecule has 0 saturated heterocycles. The Morgan fingerprint density at radius 1 is 1.19 bits per heavy atom. The van der Waals surface area contributed by atoms with E-state index in [9.17, 15) is 22.8 Å². The zero-order chi connectivity index (χ0) is 19.3. The first-order valence-corrected chi connectivity index (χ1v) is 8.60. The van der Waals surface area contributed by atoms with Crippen LogP contribution in [0.15, 0.2) is 41.8 Å². The van der Waals surface area contributed by atoms with Gasteiger partial charge in [-0.15, -0.1) is 11.3 Å². The van der Waals surface area contributed by atoms with E-state index < -0.39 is 35.8 Å². The first-order valence-electron chi connectivity index (χ1n) is 7.72. The highest BCUT2D eigenvalue weighted by Crippen LogP contribution is 2.31. The fourth-order valence-corrected chi connectivity index (χ4v) is 3.22. The van der Waals surface area contributed by atoms with Crippen LogP contribution in [0.25, 0.3) is 0 Å². The van der Waals surface area contributed by atoms with Gasteiger partial charge in [0.1, 0.15) is 0 Å². The summed E-state index contributed by atoms with van der Waals surface area (Å²) in [5.41, 5.74) is 4.70. The number of hydrogen-bond acceptors (Lipinski definition) is 3. The Balaban J connectivity index is 2.05. The molecule has 0 fully saturated rings. The van der Waals surface area contributed by atoms with Crippen molar-refractivity contribution in [3.63, 3.8) is 0 Å². The average molecular weight is 385 g/mol. The van der Waals surface area contributed by atoms with E-state index in [1.165, 1.54) is 23.5 Å². The molecule has 5 nitrogen and oxygen atoms in total. The summed E-state index contributed by atoms with van der Waals surface area (Å²) >= 11 is 1.36. The Morgan fingerprint density at radius 2 is 1.92 bits per heavy atom. The van der Waals surface area contributed by atoms with E-state index in [1.807, 2.05) is 0 Å². The number of primary amides is 1. The predicted octanol–water partition coefficient (Wildman–Crippen LogP) is 3.74. The Morgan fingerprint density at radius 3 is 2.50 bits per heavy atom. The van der Waals surface area contributed by atoms with Crippen LogP contribution in [0.2, 0.25) is 0 Å². The molecule has 3 amide bonds. The molecule has 2 atom stereocenters. The number of urea groups is 1. The molecule has 26 heavy (non-hydrogen) atoms. The Labute approximate surface area is 152 Å². The molecule has 2 aromatic rings. The summed E-state index contributed by atoms with van der Waals surface area (Å²) in [6.45, 7) is 1.59. The van der Waals surface area contributed by atoms with Crippen LogP contribution in [-0.4, -0.2) is 11.9 Å². The predicted molar refractivity (Wildman–Crippen MR) is 92.4 cm³/mol. The van der Waals surface area contributed by atoms with Crippen LogP contribution >= 0.6 is 11.3 Å². The second-order valence-corrected chi connectivity index (χ2v) is 6.67. The number of benzene rings is 1. The fraction of sp³-hybridized carbons (Fsp3) is 0.294. The number of carbonyl (C=O) groups excluding carboxylic acids is 2. The standard InChI is InChI=1S/C17H18F3N3O2S/c1-10(11-4-2-5-12(8-11)17(18,19)20)22-15(24)9-13(23-16(21)25)14-6-3-7-26-14/h2-8,10,13H,9H2,1H3,(H,22,24)(H3,21,23,25). The quantitative estimate of drug-likeness (QED) is 0.708. The highest BCUT2D eigenvalue weighted by Gasteiger charge is 2.30. The number of halogens is 3. The molecule has 0 spiro atoms. The van der Waals surface area contributed by atoms with Gasteiger partial charge in [0.05, 0.1) is 24.1 Å². The Kier molecular flexibility index (Phi) is 6.25. The third-order valence-electron chi connectivity index (χ3n) is 3.68. The summed E-state index contributed by atoms with van der Waals surface area (Å²) < 4.78 is 38.4. The van der Waals surface area contributed by atoms with Gasteiger partial charge in [0, 0.05) is 4.88 Å². The van der Waals surface area contributed by atoms with Crippen molar-refractivity contribution in [3.8, 4) is 0 Å². The van der Waals surface area contributed by atoms with Gasteiger partial charge in [-0.05, 0) is 36.1 Å². The van der Waals surface area contributed by atoms with Crippen LogP contribution in [0.3, 0.4) is 0 Å². The van der Waals surface area contributed by atoms with Crippen molar-refractivity contribution >= 4 is 23.3 Å². The Bertz CT molecular complexity index is 763. The number of amides is 3. The third-order valence-corrected chi connectivity index (χ3v) is 4.67. The Hall–Kier alpha value is -2.55. The molecule has 2 unspecified atom stereocenters. The summed E-state index contributed by atoms with van der Waals surface area (Å²) in [6, 6.07) is 6.34. The first kappa shape index (κ1) is 19.8. The summed E-state index contributed by atoms with van der Waals surface area (Å²) in [4.78, 5) is 24.2. The van der Waals surface area contributed by atoms with Crippen LogP contribution in [0.5, 0.6) is 0 Å². The van der Waals surface area contributed by atoms with E-state index in [2.05, 4.69) is 10.6 Å². The minimum Gasteiger partial charge on any atom is -0.352 e. The highest BCUT2D eigenvalue weighted by molar-refractivity contribution is 7.10. The highest BCUT2D eigenvalue weighted by atomic mass is 32.1. The lowest BCUT2D eigenvalue weighted by atomic mass is 10.0. The largest absolute Gasteiger partial charge is 0.416 e. The molecule has 0 aliphatic carbocycles. The molecule has 0 aliphatic heterocycles. The number of hydrogen-bond donors (Lipinski definition) is 3. The van der Waals surface area contributed by atoms with Crippen LogP contribution in [0.1, 0.15) is 41.4 Å². The topological polar surface area (TPSA) is 84.2 Å². The van der Waals surface area contributed by atoms with E-state index in [0.717, 1.165) is 17.0 Å². The van der Waals surface area contributed by atoms with Gasteiger partial charge in [0.15, 0.2) is 0 Å². The number of carbonyl (C=O) groups is 2.